The number of halogens is 1. The number of rotatable bonds is 1. The Hall–Kier alpha value is -1.81. The van der Waals surface area contributed by atoms with Crippen molar-refractivity contribution in [2.24, 2.45) is 0 Å². The highest BCUT2D eigenvalue weighted by Gasteiger charge is 2.18. The Morgan fingerprint density at radius 2 is 1.94 bits per heavy atom. The molecule has 0 saturated heterocycles. The zero-order valence-electron chi connectivity index (χ0n) is 9.34. The Labute approximate surface area is 113 Å². The summed E-state index contributed by atoms with van der Waals surface area (Å²) in [5, 5.41) is 12.0. The van der Waals surface area contributed by atoms with Crippen LogP contribution < -0.4 is 9.84 Å². The number of fused-ring (bicyclic) bond motifs is 1. The molecule has 2 aromatic rings. The van der Waals surface area contributed by atoms with E-state index in [2.05, 4.69) is 20.9 Å². The normalized spacial score (nSPS) is 17.6. The molecule has 0 fully saturated rings. The zero-order chi connectivity index (χ0) is 12.5. The van der Waals surface area contributed by atoms with Gasteiger partial charge in [0.15, 0.2) is 6.10 Å². The molecule has 0 N–H and O–H groups in total. The quantitative estimate of drug-likeness (QED) is 0.761. The topological polar surface area (TPSA) is 45.2 Å². The molecule has 4 heteroatoms. The van der Waals surface area contributed by atoms with Crippen LogP contribution in [-0.4, -0.2) is 4.98 Å². The lowest BCUT2D eigenvalue weighted by atomic mass is 10.1. The van der Waals surface area contributed by atoms with Crippen molar-refractivity contribution in [3.8, 4) is 5.75 Å². The summed E-state index contributed by atoms with van der Waals surface area (Å²) in [6, 6.07) is 12.8. The van der Waals surface area contributed by atoms with Crippen LogP contribution in [0.5, 0.6) is 5.75 Å². The summed E-state index contributed by atoms with van der Waals surface area (Å²) in [7, 11) is 0. The van der Waals surface area contributed by atoms with Gasteiger partial charge in [0.25, 0.3) is 0 Å². The maximum Gasteiger partial charge on any atom is 0.159 e. The lowest BCUT2D eigenvalue weighted by Crippen LogP contribution is -2.17. The van der Waals surface area contributed by atoms with Gasteiger partial charge in [0, 0.05) is 5.56 Å². The molecule has 1 atom stereocenters. The van der Waals surface area contributed by atoms with Gasteiger partial charge in [-0.3, -0.25) is 0 Å². The van der Waals surface area contributed by atoms with E-state index in [0.717, 1.165) is 4.60 Å². The lowest BCUT2D eigenvalue weighted by Gasteiger charge is -2.27. The van der Waals surface area contributed by atoms with Gasteiger partial charge in [0.05, 0.1) is 5.69 Å². The van der Waals surface area contributed by atoms with Crippen LogP contribution in [0, 0.1) is 0 Å². The smallest absolute Gasteiger partial charge is 0.159 e. The minimum Gasteiger partial charge on any atom is -0.872 e. The number of benzene rings is 1. The Morgan fingerprint density at radius 3 is 2.78 bits per heavy atom. The molecule has 1 aromatic carbocycles. The molecule has 0 saturated carbocycles. The first-order chi connectivity index (χ1) is 8.74. The monoisotopic (exact) mass is 302 g/mol. The molecular formula is C14H9BrNO2-. The van der Waals surface area contributed by atoms with Gasteiger partial charge in [-0.2, -0.15) is 0 Å². The Bertz CT molecular complexity index is 625. The van der Waals surface area contributed by atoms with E-state index >= 15 is 0 Å². The van der Waals surface area contributed by atoms with E-state index in [1.807, 2.05) is 30.3 Å². The molecule has 0 unspecified atom stereocenters. The Balaban J connectivity index is 2.02. The van der Waals surface area contributed by atoms with E-state index in [9.17, 15) is 5.11 Å². The van der Waals surface area contributed by atoms with Crippen LogP contribution in [0.1, 0.15) is 17.4 Å². The maximum absolute atomic E-state index is 12.0. The van der Waals surface area contributed by atoms with E-state index in [0.29, 0.717) is 17.0 Å². The van der Waals surface area contributed by atoms with Crippen molar-refractivity contribution in [3.63, 3.8) is 0 Å². The highest BCUT2D eigenvalue weighted by Crippen LogP contribution is 2.34. The predicted octanol–water partition coefficient (Wildman–Crippen LogP) is 2.68. The summed E-state index contributed by atoms with van der Waals surface area (Å²) < 4.78 is 6.51. The number of pyridine rings is 1. The molecule has 1 aromatic heterocycles. The van der Waals surface area contributed by atoms with E-state index < -0.39 is 6.10 Å². The van der Waals surface area contributed by atoms with Crippen LogP contribution in [0.15, 0.2) is 53.1 Å². The van der Waals surface area contributed by atoms with E-state index in [-0.39, 0.29) is 5.76 Å². The van der Waals surface area contributed by atoms with Crippen molar-refractivity contribution in [3.05, 3.63) is 64.4 Å². The molecule has 0 aliphatic carbocycles. The first-order valence-electron chi connectivity index (χ1n) is 5.51. The van der Waals surface area contributed by atoms with Crippen LogP contribution in [-0.2, 0) is 0 Å². The molecule has 2 heterocycles. The average molecular weight is 303 g/mol. The Morgan fingerprint density at radius 1 is 1.11 bits per heavy atom. The molecule has 0 radical (unpaired) electrons. The van der Waals surface area contributed by atoms with Crippen molar-refractivity contribution in [2.45, 2.75) is 6.10 Å². The first kappa shape index (κ1) is 11.3. The third-order valence-corrected chi connectivity index (χ3v) is 3.18. The van der Waals surface area contributed by atoms with E-state index in [1.54, 1.807) is 18.2 Å². The minimum atomic E-state index is -0.426. The van der Waals surface area contributed by atoms with Gasteiger partial charge in [-0.25, -0.2) is 4.98 Å². The summed E-state index contributed by atoms with van der Waals surface area (Å²) in [6.45, 7) is 0. The summed E-state index contributed by atoms with van der Waals surface area (Å²) in [5.41, 5.74) is 1.32. The summed E-state index contributed by atoms with van der Waals surface area (Å²) in [5.74, 6) is 0.584. The standard InChI is InChI=1S/C14H10BrNO2/c15-14-7-3-5-10(16-14)13-8-11(17)9-4-1-2-6-12(9)18-13/h1-8,13,17H/p-1/t13-/m0/s1. The van der Waals surface area contributed by atoms with Crippen molar-refractivity contribution in [1.29, 1.82) is 0 Å². The maximum atomic E-state index is 12.0. The highest BCUT2D eigenvalue weighted by molar-refractivity contribution is 9.10. The number of nitrogens with zero attached hydrogens (tertiary/aromatic N) is 1. The molecule has 1 aliphatic rings. The SMILES string of the molecule is [O-]C1=C[C@@H](c2cccc(Br)n2)Oc2ccccc21. The van der Waals surface area contributed by atoms with Gasteiger partial charge in [-0.1, -0.05) is 30.0 Å². The van der Waals surface area contributed by atoms with Crippen molar-refractivity contribution < 1.29 is 9.84 Å². The number of ether oxygens (including phenoxy) is 1. The van der Waals surface area contributed by atoms with Crippen LogP contribution in [0.2, 0.25) is 0 Å². The predicted molar refractivity (Wildman–Crippen MR) is 69.7 cm³/mol. The number of aromatic nitrogens is 1. The second-order valence-corrected chi connectivity index (χ2v) is 4.76. The van der Waals surface area contributed by atoms with Crippen molar-refractivity contribution >= 4 is 21.7 Å². The van der Waals surface area contributed by atoms with Crippen molar-refractivity contribution in [1.82, 2.24) is 4.98 Å². The van der Waals surface area contributed by atoms with Crippen LogP contribution >= 0.6 is 15.9 Å². The highest BCUT2D eigenvalue weighted by atomic mass is 79.9. The largest absolute Gasteiger partial charge is 0.872 e. The first-order valence-corrected chi connectivity index (χ1v) is 6.31. The fraction of sp³-hybridized carbons (Fsp3) is 0.0714. The fourth-order valence-corrected chi connectivity index (χ4v) is 2.26. The van der Waals surface area contributed by atoms with Gasteiger partial charge < -0.3 is 9.84 Å². The number of hydrogen-bond donors (Lipinski definition) is 0. The number of hydrogen-bond acceptors (Lipinski definition) is 3. The molecular weight excluding hydrogens is 294 g/mol. The molecule has 1 aliphatic heterocycles. The lowest BCUT2D eigenvalue weighted by molar-refractivity contribution is -0.245. The third-order valence-electron chi connectivity index (χ3n) is 2.74. The molecule has 3 rings (SSSR count). The van der Waals surface area contributed by atoms with Gasteiger partial charge in [0.1, 0.15) is 10.4 Å². The average Bonchev–Trinajstić information content (AvgIpc) is 2.39. The van der Waals surface area contributed by atoms with E-state index in [4.69, 9.17) is 4.74 Å². The van der Waals surface area contributed by atoms with E-state index in [1.165, 1.54) is 0 Å². The van der Waals surface area contributed by atoms with Gasteiger partial charge >= 0.3 is 0 Å². The summed E-state index contributed by atoms with van der Waals surface area (Å²) in [6.07, 6.45) is 1.13. The molecule has 3 nitrogen and oxygen atoms in total. The van der Waals surface area contributed by atoms with Crippen molar-refractivity contribution in [2.75, 3.05) is 0 Å². The van der Waals surface area contributed by atoms with Gasteiger partial charge in [-0.05, 0) is 40.2 Å². The molecule has 0 spiro atoms. The second-order valence-electron chi connectivity index (χ2n) is 3.95. The second kappa shape index (κ2) is 4.46. The molecule has 90 valence electrons. The zero-order valence-corrected chi connectivity index (χ0v) is 10.9. The van der Waals surface area contributed by atoms with Crippen LogP contribution in [0.25, 0.3) is 5.76 Å². The molecule has 0 bridgehead atoms. The minimum absolute atomic E-state index is 0.0244. The van der Waals surface area contributed by atoms with Gasteiger partial charge in [-0.15, -0.1) is 0 Å². The third kappa shape index (κ3) is 1.99. The summed E-state index contributed by atoms with van der Waals surface area (Å²) in [4.78, 5) is 4.31. The number of para-hydroxylation sites is 1. The molecule has 18 heavy (non-hydrogen) atoms. The van der Waals surface area contributed by atoms with Crippen LogP contribution in [0.4, 0.5) is 0 Å². The summed E-state index contributed by atoms with van der Waals surface area (Å²) >= 11 is 3.31. The van der Waals surface area contributed by atoms with Crippen LogP contribution in [0.3, 0.4) is 0 Å². The fourth-order valence-electron chi connectivity index (χ4n) is 1.90. The van der Waals surface area contributed by atoms with Gasteiger partial charge in [0.2, 0.25) is 0 Å². The Kier molecular flexibility index (Phi) is 2.80. The molecule has 0 amide bonds.